The predicted octanol–water partition coefficient (Wildman–Crippen LogP) is 2.73. The maximum Gasteiger partial charge on any atom is 0.407 e. The average Bonchev–Trinajstić information content (AvgIpc) is 2.94. The topological polar surface area (TPSA) is 58.6 Å². The van der Waals surface area contributed by atoms with Crippen LogP contribution in [0, 0.1) is 18.7 Å². The highest BCUT2D eigenvalue weighted by Gasteiger charge is 2.53. The molecule has 2 heterocycles. The van der Waals surface area contributed by atoms with Crippen molar-refractivity contribution in [2.24, 2.45) is 5.92 Å². The highest BCUT2D eigenvalue weighted by atomic mass is 19.1. The highest BCUT2D eigenvalue weighted by Crippen LogP contribution is 2.42. The Morgan fingerprint density at radius 1 is 1.28 bits per heavy atom. The third-order valence-corrected chi connectivity index (χ3v) is 5.81. The number of benzene rings is 1. The average molecular weight is 346 g/mol. The molecule has 0 aromatic heterocycles. The van der Waals surface area contributed by atoms with E-state index in [0.717, 1.165) is 24.0 Å². The molecular weight excluding hydrogens is 323 g/mol. The molecule has 2 amide bonds. The number of piperidine rings is 1. The number of ether oxygens (including phenoxy) is 1. The van der Waals surface area contributed by atoms with Crippen molar-refractivity contribution in [2.75, 3.05) is 19.7 Å². The number of cyclic esters (lactones) is 1. The number of likely N-dealkylation sites (tertiary alicyclic amines) is 1. The van der Waals surface area contributed by atoms with Crippen molar-refractivity contribution in [3.63, 3.8) is 0 Å². The van der Waals surface area contributed by atoms with E-state index in [-0.39, 0.29) is 29.3 Å². The number of carbonyl (C=O) groups excluding carboxylic acids is 2. The fourth-order valence-electron chi connectivity index (χ4n) is 4.46. The van der Waals surface area contributed by atoms with Gasteiger partial charge in [0.25, 0.3) is 0 Å². The smallest absolute Gasteiger partial charge is 0.407 e. The fourth-order valence-corrected chi connectivity index (χ4v) is 4.46. The quantitative estimate of drug-likeness (QED) is 0.896. The lowest BCUT2D eigenvalue weighted by Crippen LogP contribution is -2.58. The zero-order valence-electron chi connectivity index (χ0n) is 14.4. The molecule has 2 saturated heterocycles. The summed E-state index contributed by atoms with van der Waals surface area (Å²) in [7, 11) is 0. The van der Waals surface area contributed by atoms with Crippen molar-refractivity contribution in [1.82, 2.24) is 10.2 Å². The summed E-state index contributed by atoms with van der Waals surface area (Å²) >= 11 is 0. The lowest BCUT2D eigenvalue weighted by molar-refractivity contribution is -0.142. The molecule has 3 fully saturated rings. The van der Waals surface area contributed by atoms with E-state index in [2.05, 4.69) is 5.32 Å². The molecular formula is C19H23FN2O3. The SMILES string of the molecule is Cc1cc(F)cc(C2CCN(C(=O)C3CC4(COC(=O)N4)C3)CC2)c1. The van der Waals surface area contributed by atoms with Gasteiger partial charge in [-0.1, -0.05) is 6.07 Å². The van der Waals surface area contributed by atoms with Gasteiger partial charge in [0.15, 0.2) is 0 Å². The van der Waals surface area contributed by atoms with Crippen LogP contribution in [0.1, 0.15) is 42.7 Å². The van der Waals surface area contributed by atoms with Gasteiger partial charge in [-0.3, -0.25) is 4.79 Å². The van der Waals surface area contributed by atoms with E-state index < -0.39 is 0 Å². The van der Waals surface area contributed by atoms with Crippen molar-refractivity contribution in [2.45, 2.75) is 44.1 Å². The van der Waals surface area contributed by atoms with Crippen LogP contribution in [0.3, 0.4) is 0 Å². The Balaban J connectivity index is 1.32. The van der Waals surface area contributed by atoms with Crippen molar-refractivity contribution in [1.29, 1.82) is 0 Å². The van der Waals surface area contributed by atoms with Crippen molar-refractivity contribution in [3.05, 3.63) is 35.1 Å². The van der Waals surface area contributed by atoms with Gasteiger partial charge in [0, 0.05) is 19.0 Å². The number of alkyl carbamates (subject to hydrolysis) is 1. The Hall–Kier alpha value is -2.11. The minimum Gasteiger partial charge on any atom is -0.447 e. The van der Waals surface area contributed by atoms with Crippen LogP contribution in [-0.4, -0.2) is 42.1 Å². The van der Waals surface area contributed by atoms with E-state index in [1.165, 1.54) is 0 Å². The Bertz CT molecular complexity index is 686. The van der Waals surface area contributed by atoms with Crippen molar-refractivity contribution in [3.8, 4) is 0 Å². The number of hydrogen-bond donors (Lipinski definition) is 1. The molecule has 1 aromatic carbocycles. The second-order valence-electron chi connectivity index (χ2n) is 7.75. The van der Waals surface area contributed by atoms with E-state index in [4.69, 9.17) is 4.74 Å². The molecule has 0 bridgehead atoms. The molecule has 5 nitrogen and oxygen atoms in total. The van der Waals surface area contributed by atoms with Crippen molar-refractivity contribution < 1.29 is 18.7 Å². The number of carbonyl (C=O) groups is 2. The van der Waals surface area contributed by atoms with E-state index in [1.54, 1.807) is 12.1 Å². The number of nitrogens with zero attached hydrogens (tertiary/aromatic N) is 1. The van der Waals surface area contributed by atoms with Crippen LogP contribution in [0.2, 0.25) is 0 Å². The lowest BCUT2D eigenvalue weighted by atomic mass is 9.68. The summed E-state index contributed by atoms with van der Waals surface area (Å²) < 4.78 is 18.6. The summed E-state index contributed by atoms with van der Waals surface area (Å²) in [6.07, 6.45) is 2.69. The van der Waals surface area contributed by atoms with Crippen molar-refractivity contribution >= 4 is 12.0 Å². The maximum atomic E-state index is 13.6. The molecule has 0 atom stereocenters. The number of amides is 2. The van der Waals surface area contributed by atoms with Crippen LogP contribution in [0.4, 0.5) is 9.18 Å². The molecule has 1 aromatic rings. The zero-order valence-corrected chi connectivity index (χ0v) is 14.4. The van der Waals surface area contributed by atoms with Crippen LogP contribution in [-0.2, 0) is 9.53 Å². The molecule has 3 aliphatic rings. The molecule has 0 unspecified atom stereocenters. The Morgan fingerprint density at radius 2 is 2.00 bits per heavy atom. The molecule has 25 heavy (non-hydrogen) atoms. The van der Waals surface area contributed by atoms with Crippen LogP contribution >= 0.6 is 0 Å². The van der Waals surface area contributed by atoms with Crippen LogP contribution in [0.25, 0.3) is 0 Å². The molecule has 4 rings (SSSR count). The number of rotatable bonds is 2. The van der Waals surface area contributed by atoms with E-state index in [9.17, 15) is 14.0 Å². The molecule has 1 saturated carbocycles. The third kappa shape index (κ3) is 3.10. The summed E-state index contributed by atoms with van der Waals surface area (Å²) in [6.45, 7) is 3.70. The second kappa shape index (κ2) is 6.00. The minimum atomic E-state index is -0.378. The molecule has 1 N–H and O–H groups in total. The molecule has 1 spiro atoms. The summed E-state index contributed by atoms with van der Waals surface area (Å²) in [5.41, 5.74) is 1.67. The van der Waals surface area contributed by atoms with Gasteiger partial charge >= 0.3 is 6.09 Å². The molecule has 2 aliphatic heterocycles. The second-order valence-corrected chi connectivity index (χ2v) is 7.75. The number of halogens is 1. The number of hydrogen-bond acceptors (Lipinski definition) is 3. The minimum absolute atomic E-state index is 0.0186. The fraction of sp³-hybridized carbons (Fsp3) is 0.579. The van der Waals surface area contributed by atoms with E-state index in [1.807, 2.05) is 17.9 Å². The van der Waals surface area contributed by atoms with E-state index >= 15 is 0 Å². The van der Waals surface area contributed by atoms with Gasteiger partial charge in [0.05, 0.1) is 5.54 Å². The van der Waals surface area contributed by atoms with Gasteiger partial charge < -0.3 is 15.0 Å². The van der Waals surface area contributed by atoms with Gasteiger partial charge in [0.1, 0.15) is 12.4 Å². The van der Waals surface area contributed by atoms with E-state index in [0.29, 0.717) is 38.5 Å². The summed E-state index contributed by atoms with van der Waals surface area (Å²) in [6, 6.07) is 5.21. The van der Waals surface area contributed by atoms with Gasteiger partial charge in [-0.15, -0.1) is 0 Å². The van der Waals surface area contributed by atoms with Crippen LogP contribution in [0.5, 0.6) is 0 Å². The normalized spacial score (nSPS) is 29.3. The summed E-state index contributed by atoms with van der Waals surface area (Å²) in [5, 5.41) is 2.83. The molecule has 134 valence electrons. The van der Waals surface area contributed by atoms with Gasteiger partial charge in [0.2, 0.25) is 5.91 Å². The molecule has 0 radical (unpaired) electrons. The third-order valence-electron chi connectivity index (χ3n) is 5.81. The largest absolute Gasteiger partial charge is 0.447 e. The first kappa shape index (κ1) is 16.4. The maximum absolute atomic E-state index is 13.6. The highest BCUT2D eigenvalue weighted by molar-refractivity contribution is 5.81. The Morgan fingerprint density at radius 3 is 2.60 bits per heavy atom. The summed E-state index contributed by atoms with van der Waals surface area (Å²) in [4.78, 5) is 25.8. The summed E-state index contributed by atoms with van der Waals surface area (Å²) in [5.74, 6) is 0.290. The monoisotopic (exact) mass is 346 g/mol. The van der Waals surface area contributed by atoms with Gasteiger partial charge in [-0.05, 0) is 61.8 Å². The van der Waals surface area contributed by atoms with Crippen LogP contribution < -0.4 is 5.32 Å². The predicted molar refractivity (Wildman–Crippen MR) is 89.6 cm³/mol. The van der Waals surface area contributed by atoms with Gasteiger partial charge in [-0.2, -0.15) is 0 Å². The molecule has 1 aliphatic carbocycles. The van der Waals surface area contributed by atoms with Gasteiger partial charge in [-0.25, -0.2) is 9.18 Å². The Kier molecular flexibility index (Phi) is 3.93. The zero-order chi connectivity index (χ0) is 17.6. The molecule has 6 heteroatoms. The number of nitrogens with one attached hydrogen (secondary N) is 1. The number of aryl methyl sites for hydroxylation is 1. The first-order valence-corrected chi connectivity index (χ1v) is 8.95. The lowest BCUT2D eigenvalue weighted by Gasteiger charge is -2.45. The first-order valence-electron chi connectivity index (χ1n) is 8.95. The first-order chi connectivity index (χ1) is 11.9. The van der Waals surface area contributed by atoms with Crippen LogP contribution in [0.15, 0.2) is 18.2 Å². The standard InChI is InChI=1S/C19H23FN2O3/c1-12-6-14(8-16(20)7-12)13-2-4-22(5-3-13)17(23)15-9-19(10-15)11-25-18(24)21-19/h6-8,13,15H,2-5,9-11H2,1H3,(H,21,24). The Labute approximate surface area is 146 Å².